The maximum atomic E-state index is 11.5. The molecule has 1 N–H and O–H groups in total. The highest BCUT2D eigenvalue weighted by atomic mass is 16.6. The third-order valence-electron chi connectivity index (χ3n) is 3.26. The van der Waals surface area contributed by atoms with Gasteiger partial charge in [0, 0.05) is 34.6 Å². The summed E-state index contributed by atoms with van der Waals surface area (Å²) >= 11 is 0. The zero-order valence-corrected chi connectivity index (χ0v) is 14.6. The number of esters is 4. The minimum atomic E-state index is -1.26. The third-order valence-corrected chi connectivity index (χ3v) is 3.26. The summed E-state index contributed by atoms with van der Waals surface area (Å²) in [6.45, 7) is 5.67. The number of hydrogen-bond donors (Lipinski definition) is 1. The van der Waals surface area contributed by atoms with E-state index in [0.29, 0.717) is 0 Å². The number of rotatable bonds is 5. The zero-order chi connectivity index (χ0) is 19.3. The van der Waals surface area contributed by atoms with Crippen LogP contribution in [-0.2, 0) is 42.9 Å². The van der Waals surface area contributed by atoms with Crippen molar-refractivity contribution in [2.24, 2.45) is 0 Å². The molecule has 0 heterocycles. The van der Waals surface area contributed by atoms with Crippen LogP contribution in [0.5, 0.6) is 0 Å². The van der Waals surface area contributed by atoms with Crippen LogP contribution in [-0.4, -0.2) is 60.2 Å². The van der Waals surface area contributed by atoms with Crippen molar-refractivity contribution in [3.8, 4) is 0 Å². The molecule has 0 aromatic rings. The van der Waals surface area contributed by atoms with Crippen molar-refractivity contribution in [3.05, 3.63) is 0 Å². The number of hydrogen-bond acceptors (Lipinski definition) is 9. The first-order valence-electron chi connectivity index (χ1n) is 7.49. The Kier molecular flexibility index (Phi) is 6.89. The number of nitrogens with one attached hydrogen (secondary N) is 1. The Hall–Kier alpha value is -2.65. The van der Waals surface area contributed by atoms with Crippen molar-refractivity contribution < 1.29 is 42.9 Å². The molecule has 10 heteroatoms. The average molecular weight is 359 g/mol. The van der Waals surface area contributed by atoms with Crippen LogP contribution >= 0.6 is 0 Å². The number of carbonyl (C=O) groups excluding carboxylic acids is 5. The Labute approximate surface area is 144 Å². The Bertz CT molecular complexity index is 447. The van der Waals surface area contributed by atoms with E-state index in [1.807, 2.05) is 0 Å². The lowest BCUT2D eigenvalue weighted by Gasteiger charge is -2.25. The second-order valence-electron chi connectivity index (χ2n) is 5.52. The molecule has 1 amide bonds. The molecule has 25 heavy (non-hydrogen) atoms. The van der Waals surface area contributed by atoms with Gasteiger partial charge in [0.1, 0.15) is 6.04 Å². The van der Waals surface area contributed by atoms with Gasteiger partial charge in [-0.2, -0.15) is 0 Å². The van der Waals surface area contributed by atoms with Crippen LogP contribution in [0.3, 0.4) is 0 Å². The summed E-state index contributed by atoms with van der Waals surface area (Å²) in [7, 11) is 0. The highest BCUT2D eigenvalue weighted by molar-refractivity contribution is 5.74. The Morgan fingerprint density at radius 1 is 0.560 bits per heavy atom. The lowest BCUT2D eigenvalue weighted by Crippen LogP contribution is -2.50. The highest BCUT2D eigenvalue weighted by Gasteiger charge is 2.58. The van der Waals surface area contributed by atoms with E-state index in [9.17, 15) is 24.0 Å². The van der Waals surface area contributed by atoms with Gasteiger partial charge in [0.25, 0.3) is 0 Å². The van der Waals surface area contributed by atoms with Gasteiger partial charge in [0.15, 0.2) is 24.4 Å². The molecule has 0 aromatic carbocycles. The lowest BCUT2D eigenvalue weighted by molar-refractivity contribution is -0.180. The van der Waals surface area contributed by atoms with Gasteiger partial charge < -0.3 is 24.3 Å². The topological polar surface area (TPSA) is 134 Å². The van der Waals surface area contributed by atoms with Crippen LogP contribution in [0.25, 0.3) is 0 Å². The SMILES string of the molecule is CC(=O)NC1[C@@H](OC(C)=O)[C@H](OC(C)=O)[C@@H](OC(C)=O)[C@@H]1OC(C)=O. The normalized spacial score (nSPS) is 25.6. The number of ether oxygens (including phenoxy) is 4. The summed E-state index contributed by atoms with van der Waals surface area (Å²) < 4.78 is 20.5. The molecule has 0 bridgehead atoms. The summed E-state index contributed by atoms with van der Waals surface area (Å²) in [5.41, 5.74) is 0. The van der Waals surface area contributed by atoms with Gasteiger partial charge in [-0.3, -0.25) is 24.0 Å². The molecular formula is C15H21NO9. The monoisotopic (exact) mass is 359 g/mol. The van der Waals surface area contributed by atoms with E-state index in [2.05, 4.69) is 5.32 Å². The Balaban J connectivity index is 3.34. The fourth-order valence-electron chi connectivity index (χ4n) is 2.68. The lowest BCUT2D eigenvalue weighted by atomic mass is 10.1. The van der Waals surface area contributed by atoms with E-state index in [0.717, 1.165) is 27.7 Å². The van der Waals surface area contributed by atoms with Crippen molar-refractivity contribution in [3.63, 3.8) is 0 Å². The van der Waals surface area contributed by atoms with Crippen molar-refractivity contribution in [2.75, 3.05) is 0 Å². The van der Waals surface area contributed by atoms with Crippen LogP contribution in [0.2, 0.25) is 0 Å². The van der Waals surface area contributed by atoms with Gasteiger partial charge in [0.05, 0.1) is 0 Å². The minimum Gasteiger partial charge on any atom is -0.456 e. The molecule has 0 unspecified atom stereocenters. The van der Waals surface area contributed by atoms with Crippen LogP contribution in [0.4, 0.5) is 0 Å². The molecule has 1 aliphatic carbocycles. The Morgan fingerprint density at radius 2 is 0.840 bits per heavy atom. The first kappa shape index (κ1) is 20.4. The molecule has 10 nitrogen and oxygen atoms in total. The van der Waals surface area contributed by atoms with Gasteiger partial charge in [-0.05, 0) is 0 Å². The molecule has 0 aliphatic heterocycles. The first-order chi connectivity index (χ1) is 11.5. The van der Waals surface area contributed by atoms with Crippen LogP contribution in [0.1, 0.15) is 34.6 Å². The molecule has 1 fully saturated rings. The smallest absolute Gasteiger partial charge is 0.303 e. The van der Waals surface area contributed by atoms with E-state index >= 15 is 0 Å². The van der Waals surface area contributed by atoms with Crippen molar-refractivity contribution >= 4 is 29.8 Å². The fraction of sp³-hybridized carbons (Fsp3) is 0.667. The predicted molar refractivity (Wildman–Crippen MR) is 79.8 cm³/mol. The Morgan fingerprint density at radius 3 is 1.08 bits per heavy atom. The predicted octanol–water partition coefficient (Wildman–Crippen LogP) is -0.768. The molecule has 1 saturated carbocycles. The van der Waals surface area contributed by atoms with Gasteiger partial charge in [0.2, 0.25) is 5.91 Å². The summed E-state index contributed by atoms with van der Waals surface area (Å²) in [6, 6.07) is -1.07. The summed E-state index contributed by atoms with van der Waals surface area (Å²) in [6.07, 6.45) is -4.93. The number of amides is 1. The van der Waals surface area contributed by atoms with Crippen molar-refractivity contribution in [2.45, 2.75) is 65.1 Å². The molecule has 4 atom stereocenters. The van der Waals surface area contributed by atoms with Gasteiger partial charge in [-0.15, -0.1) is 0 Å². The minimum absolute atomic E-state index is 0.510. The van der Waals surface area contributed by atoms with Gasteiger partial charge in [-0.1, -0.05) is 0 Å². The average Bonchev–Trinajstić information content (AvgIpc) is 2.63. The van der Waals surface area contributed by atoms with E-state index in [4.69, 9.17) is 18.9 Å². The maximum Gasteiger partial charge on any atom is 0.303 e. The fourth-order valence-corrected chi connectivity index (χ4v) is 2.68. The van der Waals surface area contributed by atoms with Gasteiger partial charge in [-0.25, -0.2) is 0 Å². The summed E-state index contributed by atoms with van der Waals surface area (Å²) in [5.74, 6) is -3.41. The molecule has 0 spiro atoms. The van der Waals surface area contributed by atoms with E-state index in [1.165, 1.54) is 6.92 Å². The summed E-state index contributed by atoms with van der Waals surface area (Å²) in [4.78, 5) is 57.2. The highest BCUT2D eigenvalue weighted by Crippen LogP contribution is 2.32. The zero-order valence-electron chi connectivity index (χ0n) is 14.6. The number of carbonyl (C=O) groups is 5. The largest absolute Gasteiger partial charge is 0.456 e. The molecule has 1 aliphatic rings. The molecule has 1 rings (SSSR count). The standard InChI is InChI=1S/C15H21NO9/c1-6(17)16-11-12(22-7(2)18)14(24-9(4)20)15(25-10(5)21)13(11)23-8(3)19/h11-15H,1-5H3,(H,16,17)/t12-,13-,14+,15+/m1/s1. The molecule has 0 saturated heterocycles. The molecular weight excluding hydrogens is 338 g/mol. The molecule has 0 radical (unpaired) electrons. The van der Waals surface area contributed by atoms with Crippen molar-refractivity contribution in [1.82, 2.24) is 5.32 Å². The van der Waals surface area contributed by atoms with Gasteiger partial charge >= 0.3 is 23.9 Å². The van der Waals surface area contributed by atoms with Crippen LogP contribution in [0, 0.1) is 0 Å². The molecule has 0 aromatic heterocycles. The second-order valence-corrected chi connectivity index (χ2v) is 5.52. The van der Waals surface area contributed by atoms with Crippen LogP contribution in [0.15, 0.2) is 0 Å². The first-order valence-corrected chi connectivity index (χ1v) is 7.49. The molecule has 140 valence electrons. The quantitative estimate of drug-likeness (QED) is 0.496. The van der Waals surface area contributed by atoms with Crippen LogP contribution < -0.4 is 5.32 Å². The summed E-state index contributed by atoms with van der Waals surface area (Å²) in [5, 5.41) is 2.48. The van der Waals surface area contributed by atoms with E-state index in [-0.39, 0.29) is 0 Å². The second kappa shape index (κ2) is 8.45. The van der Waals surface area contributed by atoms with E-state index in [1.54, 1.807) is 0 Å². The third kappa shape index (κ3) is 5.73. The van der Waals surface area contributed by atoms with Crippen molar-refractivity contribution in [1.29, 1.82) is 0 Å². The maximum absolute atomic E-state index is 11.5. The van der Waals surface area contributed by atoms with E-state index < -0.39 is 60.2 Å².